The van der Waals surface area contributed by atoms with Crippen molar-refractivity contribution in [2.75, 3.05) is 28.6 Å². The Morgan fingerprint density at radius 3 is 2.53 bits per heavy atom. The van der Waals surface area contributed by atoms with Gasteiger partial charge in [-0.1, -0.05) is 5.16 Å². The van der Waals surface area contributed by atoms with Gasteiger partial charge in [-0.05, 0) is 56.9 Å². The lowest BCUT2D eigenvalue weighted by Gasteiger charge is -2.17. The van der Waals surface area contributed by atoms with Gasteiger partial charge in [0.15, 0.2) is 5.69 Å². The average molecular weight is 404 g/mol. The monoisotopic (exact) mass is 404 g/mol. The highest BCUT2D eigenvalue weighted by atomic mass is 16.5. The lowest BCUT2D eigenvalue weighted by molar-refractivity contribution is 0.101. The minimum Gasteiger partial charge on any atom is -0.360 e. The lowest BCUT2D eigenvalue weighted by Crippen LogP contribution is -2.21. The average Bonchev–Trinajstić information content (AvgIpc) is 3.23. The molecule has 1 saturated heterocycles. The predicted molar refractivity (Wildman–Crippen MR) is 114 cm³/mol. The van der Waals surface area contributed by atoms with Crippen LogP contribution in [0, 0.1) is 6.92 Å². The molecular formula is C22H24N6O2. The molecule has 1 amide bonds. The Kier molecular flexibility index (Phi) is 4.82. The zero-order valence-electron chi connectivity index (χ0n) is 16.9. The highest BCUT2D eigenvalue weighted by molar-refractivity contribution is 6.02. The molecule has 8 heteroatoms. The minimum atomic E-state index is -0.270. The molecule has 0 radical (unpaired) electrons. The summed E-state index contributed by atoms with van der Waals surface area (Å²) in [5.41, 5.74) is 2.82. The fourth-order valence-electron chi connectivity index (χ4n) is 3.61. The van der Waals surface area contributed by atoms with Crippen molar-refractivity contribution < 1.29 is 9.32 Å². The first kappa shape index (κ1) is 18.6. The zero-order valence-corrected chi connectivity index (χ0v) is 16.9. The summed E-state index contributed by atoms with van der Waals surface area (Å²) < 4.78 is 5.25. The number of aryl methyl sites for hydroxylation is 1. The van der Waals surface area contributed by atoms with Crippen LogP contribution in [0.4, 0.5) is 23.1 Å². The first-order chi connectivity index (χ1) is 14.6. The Balaban J connectivity index is 1.24. The van der Waals surface area contributed by atoms with E-state index in [1.165, 1.54) is 12.8 Å². The van der Waals surface area contributed by atoms with Gasteiger partial charge in [0.2, 0.25) is 5.95 Å². The molecule has 1 aliphatic carbocycles. The molecule has 154 valence electrons. The van der Waals surface area contributed by atoms with Gasteiger partial charge in [0.05, 0.1) is 0 Å². The number of hydrogen-bond donors (Lipinski definition) is 2. The summed E-state index contributed by atoms with van der Waals surface area (Å²) in [6.07, 6.45) is 4.58. The second kappa shape index (κ2) is 7.78. The zero-order chi connectivity index (χ0) is 20.5. The van der Waals surface area contributed by atoms with E-state index < -0.39 is 0 Å². The van der Waals surface area contributed by atoms with Gasteiger partial charge in [0.1, 0.15) is 11.6 Å². The summed E-state index contributed by atoms with van der Waals surface area (Å²) in [6, 6.07) is 11.2. The standard InChI is InChI=1S/C22H24N6O2/c1-14-12-20(26-22(23-14)28-10-2-3-11-28)24-16-6-8-17(9-7-16)25-21(29)18-13-19(30-27-18)15-4-5-15/h6-9,12-13,15H,2-5,10-11H2,1H3,(H,25,29)(H,23,24,26). The largest absolute Gasteiger partial charge is 0.360 e. The highest BCUT2D eigenvalue weighted by Crippen LogP contribution is 2.40. The molecule has 30 heavy (non-hydrogen) atoms. The van der Waals surface area contributed by atoms with Crippen LogP contribution in [-0.4, -0.2) is 34.1 Å². The molecule has 0 spiro atoms. The van der Waals surface area contributed by atoms with E-state index in [0.717, 1.165) is 54.8 Å². The maximum absolute atomic E-state index is 12.4. The van der Waals surface area contributed by atoms with E-state index in [9.17, 15) is 4.79 Å². The molecule has 2 aromatic heterocycles. The maximum Gasteiger partial charge on any atom is 0.277 e. The molecule has 5 rings (SSSR count). The Bertz CT molecular complexity index is 1050. The van der Waals surface area contributed by atoms with E-state index in [0.29, 0.717) is 17.3 Å². The van der Waals surface area contributed by atoms with Crippen molar-refractivity contribution in [2.24, 2.45) is 0 Å². The molecule has 3 aromatic rings. The Hall–Kier alpha value is -3.42. The Morgan fingerprint density at radius 1 is 1.07 bits per heavy atom. The molecular weight excluding hydrogens is 380 g/mol. The SMILES string of the molecule is Cc1cc(Nc2ccc(NC(=O)c3cc(C4CC4)on3)cc2)nc(N2CCCC2)n1. The van der Waals surface area contributed by atoms with Crippen molar-refractivity contribution in [3.63, 3.8) is 0 Å². The fourth-order valence-corrected chi connectivity index (χ4v) is 3.61. The van der Waals surface area contributed by atoms with Gasteiger partial charge in [-0.3, -0.25) is 4.79 Å². The highest BCUT2D eigenvalue weighted by Gasteiger charge is 2.28. The van der Waals surface area contributed by atoms with Crippen LogP contribution in [0.25, 0.3) is 0 Å². The molecule has 2 N–H and O–H groups in total. The summed E-state index contributed by atoms with van der Waals surface area (Å²) in [4.78, 5) is 23.8. The van der Waals surface area contributed by atoms with Crippen LogP contribution in [0.15, 0.2) is 40.9 Å². The van der Waals surface area contributed by atoms with Crippen molar-refractivity contribution in [3.05, 3.63) is 53.5 Å². The predicted octanol–water partition coefficient (Wildman–Crippen LogP) is 4.25. The summed E-state index contributed by atoms with van der Waals surface area (Å²) in [5.74, 6) is 2.50. The van der Waals surface area contributed by atoms with Crippen LogP contribution in [0.3, 0.4) is 0 Å². The molecule has 1 saturated carbocycles. The number of nitrogens with zero attached hydrogens (tertiary/aromatic N) is 4. The number of carbonyl (C=O) groups excluding carboxylic acids is 1. The van der Waals surface area contributed by atoms with Crippen LogP contribution in [0.5, 0.6) is 0 Å². The van der Waals surface area contributed by atoms with Crippen molar-refractivity contribution >= 4 is 29.0 Å². The first-order valence-corrected chi connectivity index (χ1v) is 10.4. The number of carbonyl (C=O) groups is 1. The fraction of sp³-hybridized carbons (Fsp3) is 0.364. The number of hydrogen-bond acceptors (Lipinski definition) is 7. The number of rotatable bonds is 6. The number of nitrogens with one attached hydrogen (secondary N) is 2. The third kappa shape index (κ3) is 4.12. The molecule has 1 aliphatic heterocycles. The summed E-state index contributed by atoms with van der Waals surface area (Å²) >= 11 is 0. The van der Waals surface area contributed by atoms with Crippen molar-refractivity contribution in [1.82, 2.24) is 15.1 Å². The number of aromatic nitrogens is 3. The van der Waals surface area contributed by atoms with Crippen LogP contribution in [0.2, 0.25) is 0 Å². The van der Waals surface area contributed by atoms with E-state index in [1.807, 2.05) is 37.3 Å². The molecule has 0 unspecified atom stereocenters. The van der Waals surface area contributed by atoms with Crippen LogP contribution in [-0.2, 0) is 0 Å². The van der Waals surface area contributed by atoms with Gasteiger partial charge in [-0.2, -0.15) is 4.98 Å². The van der Waals surface area contributed by atoms with E-state index in [2.05, 4.69) is 30.7 Å². The summed E-state index contributed by atoms with van der Waals surface area (Å²) in [6.45, 7) is 3.99. The smallest absolute Gasteiger partial charge is 0.277 e. The first-order valence-electron chi connectivity index (χ1n) is 10.4. The third-order valence-electron chi connectivity index (χ3n) is 5.39. The quantitative estimate of drug-likeness (QED) is 0.634. The number of anilines is 4. The van der Waals surface area contributed by atoms with E-state index in [4.69, 9.17) is 4.52 Å². The molecule has 3 heterocycles. The van der Waals surface area contributed by atoms with Crippen molar-refractivity contribution in [2.45, 2.75) is 38.5 Å². The minimum absolute atomic E-state index is 0.270. The van der Waals surface area contributed by atoms with Crippen molar-refractivity contribution in [3.8, 4) is 0 Å². The summed E-state index contributed by atoms with van der Waals surface area (Å²) in [5, 5.41) is 10.1. The Labute approximate surface area is 174 Å². The van der Waals surface area contributed by atoms with Crippen LogP contribution < -0.4 is 15.5 Å². The van der Waals surface area contributed by atoms with Gasteiger partial charge in [0.25, 0.3) is 5.91 Å². The molecule has 0 atom stereocenters. The normalized spacial score (nSPS) is 16.0. The molecule has 0 bridgehead atoms. The van der Waals surface area contributed by atoms with E-state index in [-0.39, 0.29) is 5.91 Å². The van der Waals surface area contributed by atoms with Gasteiger partial charge in [-0.25, -0.2) is 4.98 Å². The topological polar surface area (TPSA) is 96.2 Å². The van der Waals surface area contributed by atoms with Crippen LogP contribution >= 0.6 is 0 Å². The second-order valence-corrected chi connectivity index (χ2v) is 7.93. The maximum atomic E-state index is 12.4. The van der Waals surface area contributed by atoms with Crippen LogP contribution in [0.1, 0.15) is 53.5 Å². The third-order valence-corrected chi connectivity index (χ3v) is 5.39. The molecule has 2 fully saturated rings. The number of benzene rings is 1. The van der Waals surface area contributed by atoms with Gasteiger partial charge in [0, 0.05) is 48.2 Å². The molecule has 2 aliphatic rings. The van der Waals surface area contributed by atoms with E-state index >= 15 is 0 Å². The van der Waals surface area contributed by atoms with E-state index in [1.54, 1.807) is 6.07 Å². The molecule has 1 aromatic carbocycles. The lowest BCUT2D eigenvalue weighted by atomic mass is 10.2. The van der Waals surface area contributed by atoms with Crippen molar-refractivity contribution in [1.29, 1.82) is 0 Å². The van der Waals surface area contributed by atoms with Gasteiger partial charge in [-0.15, -0.1) is 0 Å². The van der Waals surface area contributed by atoms with Gasteiger partial charge >= 0.3 is 0 Å². The number of amides is 1. The molecule has 8 nitrogen and oxygen atoms in total. The Morgan fingerprint density at radius 2 is 1.80 bits per heavy atom. The van der Waals surface area contributed by atoms with Gasteiger partial charge < -0.3 is 20.1 Å². The summed E-state index contributed by atoms with van der Waals surface area (Å²) in [7, 11) is 0. The second-order valence-electron chi connectivity index (χ2n) is 7.93.